The van der Waals surface area contributed by atoms with Gasteiger partial charge in [-0.1, -0.05) is 66.7 Å². The molecule has 0 aliphatic carbocycles. The molecule has 4 atom stereocenters. The predicted molar refractivity (Wildman–Crippen MR) is 204 cm³/mol. The number of H-pyrrole nitrogens is 1. The van der Waals surface area contributed by atoms with Crippen LogP contribution in [-0.2, 0) is 36.8 Å². The van der Waals surface area contributed by atoms with Gasteiger partial charge in [0.2, 0.25) is 23.6 Å². The van der Waals surface area contributed by atoms with E-state index in [1.54, 1.807) is 43.4 Å². The van der Waals surface area contributed by atoms with Crippen molar-refractivity contribution >= 4 is 52.2 Å². The molecule has 0 saturated carbocycles. The highest BCUT2D eigenvalue weighted by Gasteiger charge is 2.32. The maximum Gasteiger partial charge on any atom is 0.319 e. The van der Waals surface area contributed by atoms with E-state index in [0.29, 0.717) is 30.5 Å². The zero-order valence-corrected chi connectivity index (χ0v) is 30.3. The Bertz CT molecular complexity index is 1910. The van der Waals surface area contributed by atoms with Gasteiger partial charge in [0.05, 0.1) is 12.5 Å². The summed E-state index contributed by atoms with van der Waals surface area (Å²) >= 11 is 0. The Kier molecular flexibility index (Phi) is 15.1. The van der Waals surface area contributed by atoms with E-state index in [9.17, 15) is 33.9 Å². The number of carbonyl (C=O) groups is 6. The first-order chi connectivity index (χ1) is 25.9. The minimum absolute atomic E-state index is 0.0488. The predicted octanol–water partition coefficient (Wildman–Crippen LogP) is 2.26. The van der Waals surface area contributed by atoms with Gasteiger partial charge in [0.15, 0.2) is 0 Å². The Hall–Kier alpha value is -6.22. The van der Waals surface area contributed by atoms with Gasteiger partial charge in [-0.05, 0) is 68.5 Å². The van der Waals surface area contributed by atoms with E-state index >= 15 is 0 Å². The van der Waals surface area contributed by atoms with Crippen molar-refractivity contribution in [1.29, 1.82) is 0 Å². The van der Waals surface area contributed by atoms with Crippen LogP contribution >= 0.6 is 0 Å². The monoisotopic (exact) mass is 740 g/mol. The Morgan fingerprint density at radius 3 is 2.07 bits per heavy atom. The zero-order chi connectivity index (χ0) is 39.0. The molecule has 6 amide bonds. The smallest absolute Gasteiger partial charge is 0.319 e. The van der Waals surface area contributed by atoms with Crippen molar-refractivity contribution in [3.63, 3.8) is 0 Å². The van der Waals surface area contributed by atoms with Crippen LogP contribution in [0.1, 0.15) is 42.4 Å². The number of aromatic amines is 1. The molecule has 0 saturated heterocycles. The van der Waals surface area contributed by atoms with Crippen molar-refractivity contribution in [2.75, 3.05) is 18.9 Å². The molecule has 4 rings (SSSR count). The number of aryl methyl sites for hydroxylation is 1. The number of carboxylic acids is 1. The molecule has 1 heterocycles. The lowest BCUT2D eigenvalue weighted by Crippen LogP contribution is -2.58. The number of hydrogen-bond donors (Lipinski definition) is 9. The number of benzene rings is 3. The van der Waals surface area contributed by atoms with Gasteiger partial charge in [0.1, 0.15) is 18.1 Å². The number of carboxylic acid groups (broad SMARTS) is 1. The summed E-state index contributed by atoms with van der Waals surface area (Å²) in [6.45, 7) is 2.14. The second-order valence-corrected chi connectivity index (χ2v) is 13.0. The summed E-state index contributed by atoms with van der Waals surface area (Å²) in [6.07, 6.45) is 2.27. The van der Waals surface area contributed by atoms with Crippen LogP contribution in [0.15, 0.2) is 85.1 Å². The molecule has 286 valence electrons. The molecule has 3 aromatic carbocycles. The molecule has 0 radical (unpaired) electrons. The largest absolute Gasteiger partial charge is 0.481 e. The summed E-state index contributed by atoms with van der Waals surface area (Å²) < 4.78 is 0. The molecule has 0 fully saturated rings. The van der Waals surface area contributed by atoms with Gasteiger partial charge in [-0.25, -0.2) is 4.79 Å². The number of rotatable bonds is 20. The number of aromatic nitrogens is 1. The van der Waals surface area contributed by atoms with Crippen molar-refractivity contribution in [3.05, 3.63) is 102 Å². The van der Waals surface area contributed by atoms with Crippen molar-refractivity contribution in [3.8, 4) is 0 Å². The van der Waals surface area contributed by atoms with Crippen LogP contribution in [0.2, 0.25) is 0 Å². The van der Waals surface area contributed by atoms with E-state index < -0.39 is 66.2 Å². The average molecular weight is 741 g/mol. The highest BCUT2D eigenvalue weighted by molar-refractivity contribution is 5.96. The molecular formula is C39H48N8O7. The normalized spacial score (nSPS) is 13.1. The second kappa shape index (κ2) is 20.1. The first-order valence-corrected chi connectivity index (χ1v) is 17.7. The Labute approximate surface area is 313 Å². The number of likely N-dealkylation sites (N-methyl/N-ethyl adjacent to an activating group) is 1. The van der Waals surface area contributed by atoms with Crippen LogP contribution in [0.25, 0.3) is 10.9 Å². The maximum atomic E-state index is 13.8. The van der Waals surface area contributed by atoms with E-state index in [1.165, 1.54) is 0 Å². The van der Waals surface area contributed by atoms with Crippen LogP contribution in [0.4, 0.5) is 10.5 Å². The Morgan fingerprint density at radius 2 is 1.37 bits per heavy atom. The van der Waals surface area contributed by atoms with E-state index in [4.69, 9.17) is 5.73 Å². The molecule has 15 nitrogen and oxygen atoms in total. The van der Waals surface area contributed by atoms with E-state index in [0.717, 1.165) is 22.0 Å². The van der Waals surface area contributed by atoms with E-state index in [1.807, 2.05) is 55.6 Å². The van der Waals surface area contributed by atoms with Crippen LogP contribution in [0, 0.1) is 6.92 Å². The Morgan fingerprint density at radius 1 is 0.741 bits per heavy atom. The third-order valence-corrected chi connectivity index (χ3v) is 8.95. The van der Waals surface area contributed by atoms with Gasteiger partial charge >= 0.3 is 12.0 Å². The fourth-order valence-electron chi connectivity index (χ4n) is 5.94. The van der Waals surface area contributed by atoms with Crippen LogP contribution in [0.3, 0.4) is 0 Å². The number of para-hydroxylation sites is 2. The van der Waals surface area contributed by atoms with E-state index in [2.05, 4.69) is 36.9 Å². The van der Waals surface area contributed by atoms with Gasteiger partial charge in [0, 0.05) is 35.8 Å². The molecule has 0 bridgehead atoms. The molecule has 0 aliphatic rings. The number of hydrogen-bond acceptors (Lipinski definition) is 7. The van der Waals surface area contributed by atoms with Crippen LogP contribution in [-0.4, -0.2) is 83.5 Å². The number of urea groups is 1. The van der Waals surface area contributed by atoms with Crippen molar-refractivity contribution in [2.45, 2.75) is 69.6 Å². The molecule has 4 aromatic rings. The number of anilines is 1. The fourth-order valence-corrected chi connectivity index (χ4v) is 5.94. The number of nitrogens with one attached hydrogen (secondary N) is 7. The average Bonchev–Trinajstić information content (AvgIpc) is 3.56. The summed E-state index contributed by atoms with van der Waals surface area (Å²) in [4.78, 5) is 80.6. The third-order valence-electron chi connectivity index (χ3n) is 8.95. The lowest BCUT2D eigenvalue weighted by Gasteiger charge is -2.25. The van der Waals surface area contributed by atoms with Gasteiger partial charge in [-0.15, -0.1) is 0 Å². The van der Waals surface area contributed by atoms with Crippen molar-refractivity contribution < 1.29 is 33.9 Å². The zero-order valence-electron chi connectivity index (χ0n) is 30.3. The summed E-state index contributed by atoms with van der Waals surface area (Å²) in [5.41, 5.74) is 9.63. The number of nitrogens with two attached hydrogens (primary N) is 1. The highest BCUT2D eigenvalue weighted by Crippen LogP contribution is 2.19. The molecule has 15 heteroatoms. The molecule has 0 unspecified atom stereocenters. The van der Waals surface area contributed by atoms with Gasteiger partial charge in [-0.3, -0.25) is 24.0 Å². The maximum absolute atomic E-state index is 13.8. The number of unbranched alkanes of at least 4 members (excludes halogenated alkanes) is 1. The van der Waals surface area contributed by atoms with Crippen molar-refractivity contribution in [1.82, 2.24) is 31.6 Å². The molecular weight excluding hydrogens is 692 g/mol. The molecule has 0 aliphatic heterocycles. The SMILES string of the molecule is CN[C@@H](Cc1c[nH]c2ccccc12)C(=O)N[C@@H](CCCCNC(=O)Nc1ccccc1C)C(=O)N[C@@H](CC(=O)O)C(=O)N[C@@H](Cc1ccccc1)C(N)=O. The standard InChI is InChI=1S/C39H48N8O7/c1-24-12-6-8-16-28(24)47-39(54)42-19-11-10-18-30(44-37(52)32(41-2)21-26-23-43-29-17-9-7-15-27(26)29)36(51)46-33(22-34(48)49)38(53)45-31(35(40)50)20-25-13-4-3-5-14-25/h3-9,12-17,23,30-33,41,43H,10-11,18-22H2,1-2H3,(H2,40,50)(H,44,52)(H,45,53)(H,46,51)(H,48,49)(H2,42,47,54)/t30-,31-,32-,33-/m0/s1. The van der Waals surface area contributed by atoms with Gasteiger partial charge in [0.25, 0.3) is 0 Å². The number of aliphatic carboxylic acids is 1. The second-order valence-electron chi connectivity index (χ2n) is 13.0. The van der Waals surface area contributed by atoms with E-state index in [-0.39, 0.29) is 19.4 Å². The number of primary amides is 1. The third kappa shape index (κ3) is 12.2. The minimum Gasteiger partial charge on any atom is -0.481 e. The summed E-state index contributed by atoms with van der Waals surface area (Å²) in [5, 5.41) is 26.9. The number of amides is 6. The lowest BCUT2D eigenvalue weighted by atomic mass is 10.0. The minimum atomic E-state index is -1.59. The van der Waals surface area contributed by atoms with Gasteiger partial charge in [-0.2, -0.15) is 0 Å². The molecule has 0 spiro atoms. The first kappa shape index (κ1) is 40.5. The van der Waals surface area contributed by atoms with Gasteiger partial charge < -0.3 is 47.7 Å². The molecule has 10 N–H and O–H groups in total. The molecule has 54 heavy (non-hydrogen) atoms. The van der Waals surface area contributed by atoms with Crippen LogP contribution < -0.4 is 37.6 Å². The lowest BCUT2D eigenvalue weighted by molar-refractivity contribution is -0.141. The number of fused-ring (bicyclic) bond motifs is 1. The fraction of sp³-hybridized carbons (Fsp3) is 0.333. The quantitative estimate of drug-likeness (QED) is 0.0608. The topological polar surface area (TPSA) is 237 Å². The highest BCUT2D eigenvalue weighted by atomic mass is 16.4. The summed E-state index contributed by atoms with van der Waals surface area (Å²) in [6, 6.07) is 18.7. The molecule has 1 aromatic heterocycles. The first-order valence-electron chi connectivity index (χ1n) is 17.7. The van der Waals surface area contributed by atoms with Crippen LogP contribution in [0.5, 0.6) is 0 Å². The van der Waals surface area contributed by atoms with Crippen molar-refractivity contribution in [2.24, 2.45) is 5.73 Å². The Balaban J connectivity index is 1.45. The number of carbonyl (C=O) groups excluding carboxylic acids is 5. The summed E-state index contributed by atoms with van der Waals surface area (Å²) in [7, 11) is 1.62. The summed E-state index contributed by atoms with van der Waals surface area (Å²) in [5.74, 6) is -4.43.